The van der Waals surface area contributed by atoms with Crippen LogP contribution in [0.3, 0.4) is 0 Å². The zero-order valence-corrected chi connectivity index (χ0v) is 10.8. The number of aromatic nitrogens is 5. The molecule has 0 amide bonds. The van der Waals surface area contributed by atoms with Crippen LogP contribution in [0.4, 0.5) is 0 Å². The Hall–Kier alpha value is -2.95. The molecular weight excluding hydrogens is 250 g/mol. The van der Waals surface area contributed by atoms with E-state index < -0.39 is 0 Å². The van der Waals surface area contributed by atoms with Crippen LogP contribution in [0.15, 0.2) is 80.0 Å². The summed E-state index contributed by atoms with van der Waals surface area (Å²) in [5.41, 5.74) is 1.06. The number of aromatic amines is 2. The van der Waals surface area contributed by atoms with E-state index in [2.05, 4.69) is 37.1 Å². The third-order valence-electron chi connectivity index (χ3n) is 2.32. The predicted molar refractivity (Wildman–Crippen MR) is 78.9 cm³/mol. The third kappa shape index (κ3) is 4.73. The molecule has 0 saturated heterocycles. The maximum absolute atomic E-state index is 4.18. The first-order valence-electron chi connectivity index (χ1n) is 6.12. The first-order chi connectivity index (χ1) is 9.97. The largest absolute Gasteiger partial charge is 0.351 e. The Kier molecular flexibility index (Phi) is 5.53. The third-order valence-corrected chi connectivity index (χ3v) is 2.32. The molecule has 3 heterocycles. The zero-order chi connectivity index (χ0) is 13.9. The summed E-state index contributed by atoms with van der Waals surface area (Å²) < 4.78 is 0. The van der Waals surface area contributed by atoms with Crippen LogP contribution in [0.1, 0.15) is 0 Å². The Morgan fingerprint density at radius 1 is 0.700 bits per heavy atom. The Morgan fingerprint density at radius 2 is 1.35 bits per heavy atom. The second kappa shape index (κ2) is 8.20. The van der Waals surface area contributed by atoms with Crippen LogP contribution in [-0.4, -0.2) is 24.9 Å². The number of hydrogen-bond donors (Lipinski definition) is 2. The first-order valence-corrected chi connectivity index (χ1v) is 6.12. The minimum atomic E-state index is 1.06. The topological polar surface area (TPSA) is 70.2 Å². The minimum Gasteiger partial charge on any atom is -0.351 e. The van der Waals surface area contributed by atoms with Gasteiger partial charge >= 0.3 is 0 Å². The number of hydrogen-bond acceptors (Lipinski definition) is 3. The van der Waals surface area contributed by atoms with Gasteiger partial charge in [-0.2, -0.15) is 0 Å². The second-order valence-corrected chi connectivity index (χ2v) is 3.72. The van der Waals surface area contributed by atoms with Crippen molar-refractivity contribution in [2.24, 2.45) is 0 Å². The van der Waals surface area contributed by atoms with Crippen molar-refractivity contribution < 1.29 is 0 Å². The molecule has 20 heavy (non-hydrogen) atoms. The molecule has 1 aromatic carbocycles. The molecule has 0 radical (unpaired) electrons. The molecule has 0 unspecified atom stereocenters. The molecule has 0 aliphatic carbocycles. The molecule has 5 heteroatoms. The van der Waals surface area contributed by atoms with Crippen molar-refractivity contribution >= 4 is 10.9 Å². The van der Waals surface area contributed by atoms with Crippen molar-refractivity contribution in [1.29, 1.82) is 0 Å². The van der Waals surface area contributed by atoms with E-state index in [1.165, 1.54) is 5.39 Å². The molecule has 0 bridgehead atoms. The fourth-order valence-corrected chi connectivity index (χ4v) is 1.45. The van der Waals surface area contributed by atoms with Crippen molar-refractivity contribution in [3.63, 3.8) is 0 Å². The number of nitrogens with one attached hydrogen (secondary N) is 2. The van der Waals surface area contributed by atoms with Crippen molar-refractivity contribution in [3.8, 4) is 0 Å². The molecule has 2 N–H and O–H groups in total. The van der Waals surface area contributed by atoms with E-state index in [4.69, 9.17) is 0 Å². The average molecular weight is 265 g/mol. The molecule has 0 atom stereocenters. The summed E-state index contributed by atoms with van der Waals surface area (Å²) in [4.78, 5) is 17.0. The molecular formula is C15H15N5. The van der Waals surface area contributed by atoms with Gasteiger partial charge in [-0.3, -0.25) is 4.98 Å². The van der Waals surface area contributed by atoms with Crippen molar-refractivity contribution in [3.05, 3.63) is 80.0 Å². The summed E-state index contributed by atoms with van der Waals surface area (Å²) in [6, 6.07) is 12.1. The number of fused-ring (bicyclic) bond motifs is 1. The lowest BCUT2D eigenvalue weighted by molar-refractivity contribution is 1.31. The number of rotatable bonds is 0. The Morgan fingerprint density at radius 3 is 1.85 bits per heavy atom. The van der Waals surface area contributed by atoms with Crippen LogP contribution >= 0.6 is 0 Å². The Bertz CT molecular complexity index is 548. The maximum atomic E-state index is 4.18. The average Bonchev–Trinajstić information content (AvgIpc) is 3.25. The zero-order valence-electron chi connectivity index (χ0n) is 10.8. The highest BCUT2D eigenvalue weighted by Crippen LogP contribution is 2.07. The van der Waals surface area contributed by atoms with E-state index in [1.807, 2.05) is 30.5 Å². The number of pyridine rings is 1. The first kappa shape index (κ1) is 13.5. The van der Waals surface area contributed by atoms with Crippen LogP contribution in [0, 0.1) is 0 Å². The summed E-state index contributed by atoms with van der Waals surface area (Å²) in [6.45, 7) is 0. The van der Waals surface area contributed by atoms with Crippen LogP contribution < -0.4 is 0 Å². The number of para-hydroxylation sites is 1. The van der Waals surface area contributed by atoms with E-state index >= 15 is 0 Å². The molecule has 0 fully saturated rings. The van der Waals surface area contributed by atoms with Crippen LogP contribution in [-0.2, 0) is 0 Å². The molecule has 0 spiro atoms. The molecule has 0 aliphatic rings. The van der Waals surface area contributed by atoms with E-state index in [9.17, 15) is 0 Å². The maximum Gasteiger partial charge on any atom is 0.0919 e. The summed E-state index contributed by atoms with van der Waals surface area (Å²) in [7, 11) is 0. The van der Waals surface area contributed by atoms with E-state index in [-0.39, 0.29) is 0 Å². The van der Waals surface area contributed by atoms with Crippen molar-refractivity contribution in [2.75, 3.05) is 0 Å². The summed E-state index contributed by atoms with van der Waals surface area (Å²) in [5, 5.41) is 1.20. The smallest absolute Gasteiger partial charge is 0.0919 e. The van der Waals surface area contributed by atoms with Gasteiger partial charge in [0.2, 0.25) is 0 Å². The minimum absolute atomic E-state index is 1.06. The predicted octanol–water partition coefficient (Wildman–Crippen LogP) is 3.05. The van der Waals surface area contributed by atoms with Gasteiger partial charge in [-0.05, 0) is 12.1 Å². The normalized spacial score (nSPS) is 9.00. The Labute approximate surface area is 116 Å². The van der Waals surface area contributed by atoms with Crippen LogP contribution in [0.2, 0.25) is 0 Å². The van der Waals surface area contributed by atoms with E-state index in [1.54, 1.807) is 37.4 Å². The molecule has 4 aromatic rings. The lowest BCUT2D eigenvalue weighted by Crippen LogP contribution is -1.73. The van der Waals surface area contributed by atoms with Crippen LogP contribution in [0.25, 0.3) is 10.9 Å². The number of benzene rings is 1. The number of nitrogens with zero attached hydrogens (tertiary/aromatic N) is 3. The highest BCUT2D eigenvalue weighted by atomic mass is 14.8. The number of H-pyrrole nitrogens is 2. The lowest BCUT2D eigenvalue weighted by atomic mass is 10.2. The highest BCUT2D eigenvalue weighted by Gasteiger charge is 1.86. The summed E-state index contributed by atoms with van der Waals surface area (Å²) in [6.07, 6.45) is 12.0. The van der Waals surface area contributed by atoms with Gasteiger partial charge in [0.15, 0.2) is 0 Å². The number of imidazole rings is 2. The van der Waals surface area contributed by atoms with E-state index in [0.29, 0.717) is 0 Å². The standard InChI is InChI=1S/C9H7N.2C3H4N2/c1-2-6-9-8(4-1)5-3-7-10-9;2*1-2-5-3-4-1/h1-7H;2*1-3H,(H,4,5). The fourth-order valence-electron chi connectivity index (χ4n) is 1.45. The molecule has 100 valence electrons. The van der Waals surface area contributed by atoms with Gasteiger partial charge in [-0.25, -0.2) is 9.97 Å². The quantitative estimate of drug-likeness (QED) is 0.513. The molecule has 3 aromatic heterocycles. The van der Waals surface area contributed by atoms with Gasteiger partial charge in [0.05, 0.1) is 18.2 Å². The van der Waals surface area contributed by atoms with Crippen molar-refractivity contribution in [2.45, 2.75) is 0 Å². The van der Waals surface area contributed by atoms with Gasteiger partial charge in [0, 0.05) is 36.4 Å². The summed E-state index contributed by atoms with van der Waals surface area (Å²) >= 11 is 0. The van der Waals surface area contributed by atoms with Gasteiger partial charge < -0.3 is 9.97 Å². The summed E-state index contributed by atoms with van der Waals surface area (Å²) in [5.74, 6) is 0. The SMILES string of the molecule is c1c[nH]cn1.c1c[nH]cn1.c1ccc2ncccc2c1. The van der Waals surface area contributed by atoms with Gasteiger partial charge in [-0.1, -0.05) is 24.3 Å². The van der Waals surface area contributed by atoms with Gasteiger partial charge in [-0.15, -0.1) is 0 Å². The van der Waals surface area contributed by atoms with Gasteiger partial charge in [0.25, 0.3) is 0 Å². The van der Waals surface area contributed by atoms with Crippen molar-refractivity contribution in [1.82, 2.24) is 24.9 Å². The molecule has 5 nitrogen and oxygen atoms in total. The van der Waals surface area contributed by atoms with Gasteiger partial charge in [0.1, 0.15) is 0 Å². The Balaban J connectivity index is 0.000000124. The van der Waals surface area contributed by atoms with E-state index in [0.717, 1.165) is 5.52 Å². The fraction of sp³-hybridized carbons (Fsp3) is 0. The molecule has 0 saturated carbocycles. The second-order valence-electron chi connectivity index (χ2n) is 3.72. The van der Waals surface area contributed by atoms with Crippen LogP contribution in [0.5, 0.6) is 0 Å². The molecule has 0 aliphatic heterocycles. The lowest BCUT2D eigenvalue weighted by Gasteiger charge is -1.91. The highest BCUT2D eigenvalue weighted by molar-refractivity contribution is 5.77. The monoisotopic (exact) mass is 265 g/mol. The molecule has 4 rings (SSSR count).